The number of aromatic nitrogens is 2. The van der Waals surface area contributed by atoms with E-state index in [-0.39, 0.29) is 28.8 Å². The highest BCUT2D eigenvalue weighted by molar-refractivity contribution is 6.28. The lowest BCUT2D eigenvalue weighted by molar-refractivity contribution is -0.552. The first-order valence-electron chi connectivity index (χ1n) is 20.1. The molecule has 2 unspecified atom stereocenters. The minimum absolute atomic E-state index is 0.0297. The SMILES string of the molecule is CCCCCCCCCCCCCC1C=C(c2ccc(CC3Nc4c(Cc5ccc(C(C)(C)C)cc5)nc(-c5ccc(O)cc5)c[n+]4C3=O)cc2)C1=O. The van der Waals surface area contributed by atoms with Gasteiger partial charge in [-0.05, 0) is 58.4 Å². The van der Waals surface area contributed by atoms with Crippen molar-refractivity contribution in [2.24, 2.45) is 5.92 Å². The predicted molar refractivity (Wildman–Crippen MR) is 215 cm³/mol. The smallest absolute Gasteiger partial charge is 0.359 e. The fourth-order valence-electron chi connectivity index (χ4n) is 7.62. The van der Waals surface area contributed by atoms with Gasteiger partial charge in [-0.3, -0.25) is 10.1 Å². The zero-order chi connectivity index (χ0) is 37.4. The fourth-order valence-corrected chi connectivity index (χ4v) is 7.62. The Hall–Kier alpha value is -4.58. The topological polar surface area (TPSA) is 83.2 Å². The van der Waals surface area contributed by atoms with E-state index in [4.69, 9.17) is 4.98 Å². The molecule has 2 atom stereocenters. The van der Waals surface area contributed by atoms with Gasteiger partial charge in [-0.1, -0.05) is 153 Å². The summed E-state index contributed by atoms with van der Waals surface area (Å²) in [6.45, 7) is 8.89. The van der Waals surface area contributed by atoms with Crippen molar-refractivity contribution in [2.45, 2.75) is 129 Å². The van der Waals surface area contributed by atoms with Crippen molar-refractivity contribution in [2.75, 3.05) is 5.32 Å². The molecule has 0 amide bonds. The third-order valence-corrected chi connectivity index (χ3v) is 11.0. The number of Topliss-reactive ketones (excluding diaryl/α,β-unsaturated/α-hetero) is 1. The Morgan fingerprint density at radius 2 is 1.32 bits per heavy atom. The Balaban J connectivity index is 1.06. The van der Waals surface area contributed by atoms with Crippen LogP contribution >= 0.6 is 0 Å². The molecule has 6 nitrogen and oxygen atoms in total. The van der Waals surface area contributed by atoms with Gasteiger partial charge in [0.15, 0.2) is 11.8 Å². The summed E-state index contributed by atoms with van der Waals surface area (Å²) in [6, 6.07) is 23.2. The van der Waals surface area contributed by atoms with Crippen LogP contribution in [0.1, 0.15) is 137 Å². The standard InChI is InChI=1S/C47H57N3O3/c1-5-6-7-8-9-10-11-12-13-14-15-16-37-31-40(44(37)52)35-21-17-33(18-22-35)30-42-46(53)50-32-43(36-23-27-39(51)28-24-36)48-41(45(50)49-42)29-34-19-25-38(26-20-34)47(2,3)4/h17-28,31-32,37,42,51H,5-16,29-30H2,1-4H3/p+1. The van der Waals surface area contributed by atoms with Crippen molar-refractivity contribution in [1.82, 2.24) is 4.98 Å². The van der Waals surface area contributed by atoms with Crippen molar-refractivity contribution < 1.29 is 19.3 Å². The molecule has 1 aromatic heterocycles. The Bertz CT molecular complexity index is 1890. The molecule has 0 bridgehead atoms. The zero-order valence-electron chi connectivity index (χ0n) is 32.3. The minimum atomic E-state index is -0.445. The lowest BCUT2D eigenvalue weighted by atomic mass is 9.78. The number of allylic oxidation sites excluding steroid dienone is 2. The molecule has 2 aliphatic rings. The average Bonchev–Trinajstić information content (AvgIpc) is 3.46. The number of unbranched alkanes of at least 4 members (excludes halogenated alkanes) is 10. The molecule has 53 heavy (non-hydrogen) atoms. The lowest BCUT2D eigenvalue weighted by Crippen LogP contribution is -2.44. The number of ketones is 1. The number of fused-ring (bicyclic) bond motifs is 1. The van der Waals surface area contributed by atoms with E-state index in [1.807, 2.05) is 36.4 Å². The van der Waals surface area contributed by atoms with Crippen molar-refractivity contribution in [3.63, 3.8) is 0 Å². The molecular formula is C47H58N3O3+. The maximum absolute atomic E-state index is 13.9. The molecule has 0 saturated heterocycles. The van der Waals surface area contributed by atoms with Gasteiger partial charge in [-0.15, -0.1) is 0 Å². The molecule has 3 aromatic carbocycles. The highest BCUT2D eigenvalue weighted by Crippen LogP contribution is 2.34. The first-order chi connectivity index (χ1) is 25.6. The highest BCUT2D eigenvalue weighted by Gasteiger charge is 2.41. The minimum Gasteiger partial charge on any atom is -0.508 e. The summed E-state index contributed by atoms with van der Waals surface area (Å²) in [5.41, 5.74) is 7.56. The van der Waals surface area contributed by atoms with Gasteiger partial charge < -0.3 is 5.11 Å². The van der Waals surface area contributed by atoms with Crippen molar-refractivity contribution in [1.29, 1.82) is 0 Å². The number of benzene rings is 3. The summed E-state index contributed by atoms with van der Waals surface area (Å²) in [5, 5.41) is 13.4. The van der Waals surface area contributed by atoms with E-state index in [2.05, 4.69) is 63.4 Å². The van der Waals surface area contributed by atoms with Crippen LogP contribution in [0, 0.1) is 5.92 Å². The number of rotatable bonds is 18. The second-order valence-corrected chi connectivity index (χ2v) is 16.3. The first-order valence-corrected chi connectivity index (χ1v) is 20.1. The van der Waals surface area contributed by atoms with Gasteiger partial charge in [0.25, 0.3) is 0 Å². The number of phenolic OH excluding ortho intramolecular Hbond substituents is 1. The molecule has 2 heterocycles. The molecule has 0 radical (unpaired) electrons. The molecule has 1 aliphatic carbocycles. The Morgan fingerprint density at radius 1 is 0.736 bits per heavy atom. The second kappa shape index (κ2) is 17.5. The number of hydrogen-bond donors (Lipinski definition) is 2. The van der Waals surface area contributed by atoms with E-state index in [0.29, 0.717) is 24.4 Å². The van der Waals surface area contributed by atoms with Crippen LogP contribution in [0.4, 0.5) is 5.82 Å². The molecule has 6 rings (SSSR count). The highest BCUT2D eigenvalue weighted by atomic mass is 16.3. The van der Waals surface area contributed by atoms with Crippen LogP contribution < -0.4 is 9.88 Å². The van der Waals surface area contributed by atoms with Crippen LogP contribution in [0.3, 0.4) is 0 Å². The average molecular weight is 713 g/mol. The molecule has 0 saturated carbocycles. The van der Waals surface area contributed by atoms with E-state index in [0.717, 1.165) is 46.4 Å². The van der Waals surface area contributed by atoms with E-state index < -0.39 is 6.04 Å². The number of phenols is 1. The molecule has 6 heteroatoms. The quantitative estimate of drug-likeness (QED) is 0.0793. The predicted octanol–water partition coefficient (Wildman–Crippen LogP) is 10.6. The van der Waals surface area contributed by atoms with Crippen molar-refractivity contribution >= 4 is 23.1 Å². The summed E-state index contributed by atoms with van der Waals surface area (Å²) in [7, 11) is 0. The number of nitrogens with one attached hydrogen (secondary N) is 1. The van der Waals surface area contributed by atoms with Gasteiger partial charge in [-0.2, -0.15) is 4.57 Å². The van der Waals surface area contributed by atoms with E-state index in [9.17, 15) is 14.7 Å². The largest absolute Gasteiger partial charge is 0.508 e. The van der Waals surface area contributed by atoms with Gasteiger partial charge in [0.05, 0.1) is 0 Å². The molecule has 1 aliphatic heterocycles. The Morgan fingerprint density at radius 3 is 1.92 bits per heavy atom. The van der Waals surface area contributed by atoms with Crippen LogP contribution in [0.2, 0.25) is 0 Å². The van der Waals surface area contributed by atoms with Crippen LogP contribution in [0.15, 0.2) is 85.1 Å². The molecule has 4 aromatic rings. The van der Waals surface area contributed by atoms with Gasteiger partial charge in [0.1, 0.15) is 23.3 Å². The van der Waals surface area contributed by atoms with Crippen LogP contribution in [0.5, 0.6) is 5.75 Å². The Labute approximate surface area is 316 Å². The third kappa shape index (κ3) is 9.70. The first kappa shape index (κ1) is 38.2. The molecular weight excluding hydrogens is 655 g/mol. The third-order valence-electron chi connectivity index (χ3n) is 11.0. The van der Waals surface area contributed by atoms with Crippen LogP contribution in [0.25, 0.3) is 16.8 Å². The summed E-state index contributed by atoms with van der Waals surface area (Å²) in [6.07, 6.45) is 20.5. The summed E-state index contributed by atoms with van der Waals surface area (Å²) < 4.78 is 1.71. The summed E-state index contributed by atoms with van der Waals surface area (Å²) >= 11 is 0. The molecule has 0 spiro atoms. The number of nitrogens with zero attached hydrogens (tertiary/aromatic N) is 2. The van der Waals surface area contributed by atoms with Gasteiger partial charge in [-0.25, -0.2) is 9.78 Å². The number of hydrogen-bond acceptors (Lipinski definition) is 5. The van der Waals surface area contributed by atoms with E-state index in [1.165, 1.54) is 69.8 Å². The number of aromatic hydroxyl groups is 1. The maximum atomic E-state index is 13.9. The zero-order valence-corrected chi connectivity index (χ0v) is 32.3. The lowest BCUT2D eigenvalue weighted by Gasteiger charge is -2.24. The molecule has 0 fully saturated rings. The monoisotopic (exact) mass is 712 g/mol. The molecule has 278 valence electrons. The number of anilines is 1. The fraction of sp³-hybridized carbons (Fsp3) is 0.447. The normalized spacial score (nSPS) is 16.6. The van der Waals surface area contributed by atoms with Gasteiger partial charge in [0.2, 0.25) is 0 Å². The van der Waals surface area contributed by atoms with Gasteiger partial charge in [0, 0.05) is 29.9 Å². The number of carbonyl (C=O) groups excluding carboxylic acids is 2. The van der Waals surface area contributed by atoms with Crippen molar-refractivity contribution in [3.8, 4) is 17.0 Å². The van der Waals surface area contributed by atoms with Crippen LogP contribution in [-0.4, -0.2) is 27.8 Å². The summed E-state index contributed by atoms with van der Waals surface area (Å²) in [5.74, 6) is 1.20. The Kier molecular flexibility index (Phi) is 12.6. The van der Waals surface area contributed by atoms with Crippen molar-refractivity contribution in [3.05, 3.63) is 113 Å². The number of carbonyl (C=O) groups is 2. The van der Waals surface area contributed by atoms with E-state index in [1.54, 1.807) is 22.9 Å². The van der Waals surface area contributed by atoms with E-state index >= 15 is 0 Å². The van der Waals surface area contributed by atoms with Gasteiger partial charge >= 0.3 is 11.7 Å². The molecule has 2 N–H and O–H groups in total. The maximum Gasteiger partial charge on any atom is 0.359 e. The van der Waals surface area contributed by atoms with Crippen LogP contribution in [-0.2, 0) is 23.1 Å². The second-order valence-electron chi connectivity index (χ2n) is 16.3. The summed E-state index contributed by atoms with van der Waals surface area (Å²) in [4.78, 5) is 32.0.